The SMILES string of the molecule is CCN(CCOC(=O)NCCC(C)(C)CC(C)CNC(=O)Nc1nc(=O)cc(C)[nH]1)c1ccc(/N=C2\C=C(NC(=O)OC)C(=O)C(N)=C2C)c(C)c1. The number of hydrogen-bond donors (Lipinski definition) is 6. The Kier molecular flexibility index (Phi) is 14.5. The van der Waals surface area contributed by atoms with Crippen molar-refractivity contribution < 1.29 is 28.7 Å². The molecular formula is C36H51N9O7. The molecule has 1 aliphatic rings. The van der Waals surface area contributed by atoms with Gasteiger partial charge in [-0.15, -0.1) is 0 Å². The van der Waals surface area contributed by atoms with Crippen molar-refractivity contribution in [2.24, 2.45) is 22.1 Å². The van der Waals surface area contributed by atoms with E-state index in [0.29, 0.717) is 55.3 Å². The minimum absolute atomic E-state index is 0.00789. The molecule has 1 unspecified atom stereocenters. The van der Waals surface area contributed by atoms with Gasteiger partial charge in [0.2, 0.25) is 11.7 Å². The van der Waals surface area contributed by atoms with Gasteiger partial charge in [-0.1, -0.05) is 20.8 Å². The van der Waals surface area contributed by atoms with Crippen LogP contribution in [-0.2, 0) is 14.3 Å². The number of anilines is 2. The van der Waals surface area contributed by atoms with E-state index in [0.717, 1.165) is 17.7 Å². The number of nitrogens with zero attached hydrogens (tertiary/aromatic N) is 3. The van der Waals surface area contributed by atoms with Crippen LogP contribution in [-0.4, -0.2) is 79.6 Å². The van der Waals surface area contributed by atoms with E-state index in [9.17, 15) is 24.0 Å². The lowest BCUT2D eigenvalue weighted by Crippen LogP contribution is -2.35. The number of Topliss-reactive ketones (excluding diaryl/α,β-unsaturated/α-hetero) is 1. The maximum atomic E-state index is 12.5. The van der Waals surface area contributed by atoms with Gasteiger partial charge in [0.15, 0.2) is 0 Å². The number of nitrogens with two attached hydrogens (primary N) is 1. The number of rotatable bonds is 15. The predicted octanol–water partition coefficient (Wildman–Crippen LogP) is 4.33. The number of ether oxygens (including phenoxy) is 2. The van der Waals surface area contributed by atoms with E-state index >= 15 is 0 Å². The monoisotopic (exact) mass is 721 g/mol. The molecule has 3 rings (SSSR count). The zero-order chi connectivity index (χ0) is 38.6. The van der Waals surface area contributed by atoms with Crippen molar-refractivity contribution in [1.29, 1.82) is 0 Å². The summed E-state index contributed by atoms with van der Waals surface area (Å²) in [6.07, 6.45) is 1.70. The zero-order valence-corrected chi connectivity index (χ0v) is 31.2. The summed E-state index contributed by atoms with van der Waals surface area (Å²) in [4.78, 5) is 73.8. The molecule has 0 aliphatic heterocycles. The molecule has 7 N–H and O–H groups in total. The summed E-state index contributed by atoms with van der Waals surface area (Å²) in [5.74, 6) is -0.267. The molecule has 4 amide bonds. The van der Waals surface area contributed by atoms with E-state index in [2.05, 4.69) is 54.7 Å². The molecular weight excluding hydrogens is 670 g/mol. The van der Waals surface area contributed by atoms with E-state index in [1.54, 1.807) is 13.8 Å². The van der Waals surface area contributed by atoms with Crippen LogP contribution in [0.4, 0.5) is 31.7 Å². The smallest absolute Gasteiger partial charge is 0.411 e. The van der Waals surface area contributed by atoms with Crippen LogP contribution >= 0.6 is 0 Å². The van der Waals surface area contributed by atoms with Crippen LogP contribution in [0.15, 0.2) is 57.1 Å². The number of aromatic amines is 1. The second kappa shape index (κ2) is 18.5. The van der Waals surface area contributed by atoms with Crippen molar-refractivity contribution in [2.45, 2.75) is 61.3 Å². The number of ketones is 1. The third kappa shape index (κ3) is 12.3. The molecule has 1 aliphatic carbocycles. The van der Waals surface area contributed by atoms with Gasteiger partial charge >= 0.3 is 18.2 Å². The molecule has 0 fully saturated rings. The number of H-pyrrole nitrogens is 1. The molecule has 0 radical (unpaired) electrons. The summed E-state index contributed by atoms with van der Waals surface area (Å²) < 4.78 is 10.1. The predicted molar refractivity (Wildman–Crippen MR) is 200 cm³/mol. The number of alkyl carbamates (subject to hydrolysis) is 2. The fourth-order valence-corrected chi connectivity index (χ4v) is 5.67. The molecule has 52 heavy (non-hydrogen) atoms. The number of benzene rings is 1. The van der Waals surface area contributed by atoms with Gasteiger partial charge in [0.25, 0.3) is 5.56 Å². The number of nitrogens with one attached hydrogen (secondary N) is 5. The molecule has 1 aromatic carbocycles. The Morgan fingerprint density at radius 1 is 1.08 bits per heavy atom. The van der Waals surface area contributed by atoms with E-state index in [4.69, 9.17) is 15.5 Å². The number of likely N-dealkylation sites (N-methyl/N-ethyl adjacent to an activating group) is 1. The Balaban J connectivity index is 1.44. The van der Waals surface area contributed by atoms with E-state index in [-0.39, 0.29) is 35.3 Å². The van der Waals surface area contributed by atoms with Crippen LogP contribution in [0.2, 0.25) is 0 Å². The summed E-state index contributed by atoms with van der Waals surface area (Å²) in [5.41, 5.74) is 9.43. The highest BCUT2D eigenvalue weighted by Crippen LogP contribution is 2.29. The maximum absolute atomic E-state index is 12.5. The summed E-state index contributed by atoms with van der Waals surface area (Å²) >= 11 is 0. The summed E-state index contributed by atoms with van der Waals surface area (Å²) in [6, 6.07) is 6.63. The van der Waals surface area contributed by atoms with E-state index in [1.165, 1.54) is 19.3 Å². The van der Waals surface area contributed by atoms with Crippen molar-refractivity contribution in [2.75, 3.05) is 50.1 Å². The van der Waals surface area contributed by atoms with Gasteiger partial charge < -0.3 is 35.7 Å². The summed E-state index contributed by atoms with van der Waals surface area (Å²) in [5, 5.41) is 10.6. The number of amides is 4. The van der Waals surface area contributed by atoms with Gasteiger partial charge in [0.05, 0.1) is 36.4 Å². The largest absolute Gasteiger partial charge is 0.453 e. The first kappa shape index (κ1) is 40.8. The highest BCUT2D eigenvalue weighted by Gasteiger charge is 2.25. The number of aliphatic imine (C=N–C) groups is 1. The number of urea groups is 1. The Hall–Kier alpha value is -5.67. The standard InChI is InChI=1S/C36H51N9O7/c1-9-45(25-10-11-26(22(3)16-25)41-27-18-28(42-35(50)51-8)31(47)30(37)24(27)5)14-15-52-34(49)38-13-12-36(6,7)19-21(2)20-39-33(48)44-32-40-23(4)17-29(46)43-32/h10-11,16-18,21H,9,12-15,19-20,37H2,1-8H3,(H,38,49)(H,42,50)(H3,39,40,43,44,46,48)/b41-27+. The van der Waals surface area contributed by atoms with Gasteiger partial charge in [-0.3, -0.25) is 20.2 Å². The Bertz CT molecular complexity index is 1800. The number of aromatic nitrogens is 2. The highest BCUT2D eigenvalue weighted by molar-refractivity contribution is 6.24. The molecule has 2 aromatic rings. The normalized spacial score (nSPS) is 14.3. The van der Waals surface area contributed by atoms with Crippen molar-refractivity contribution in [3.63, 3.8) is 0 Å². The number of methoxy groups -OCH3 is 1. The summed E-state index contributed by atoms with van der Waals surface area (Å²) in [6.45, 7) is 15.8. The molecule has 16 heteroatoms. The molecule has 1 heterocycles. The molecule has 0 bridgehead atoms. The summed E-state index contributed by atoms with van der Waals surface area (Å²) in [7, 11) is 1.20. The van der Waals surface area contributed by atoms with Crippen molar-refractivity contribution in [1.82, 2.24) is 25.9 Å². The van der Waals surface area contributed by atoms with Gasteiger partial charge in [-0.2, -0.15) is 4.98 Å². The molecule has 0 saturated heterocycles. The minimum atomic E-state index is -0.786. The molecule has 0 spiro atoms. The molecule has 1 atom stereocenters. The van der Waals surface area contributed by atoms with Crippen LogP contribution in [0.1, 0.15) is 58.7 Å². The number of carbonyl (C=O) groups excluding carboxylic acids is 4. The fraction of sp³-hybridized carbons (Fsp3) is 0.472. The van der Waals surface area contributed by atoms with Crippen molar-refractivity contribution in [3.8, 4) is 0 Å². The van der Waals surface area contributed by atoms with Gasteiger partial charge in [0, 0.05) is 42.7 Å². The first-order valence-corrected chi connectivity index (χ1v) is 17.1. The molecule has 1 aromatic heterocycles. The molecule has 16 nitrogen and oxygen atoms in total. The fourth-order valence-electron chi connectivity index (χ4n) is 5.67. The Labute approximate surface area is 303 Å². The second-order valence-electron chi connectivity index (χ2n) is 13.5. The van der Waals surface area contributed by atoms with Crippen LogP contribution in [0.25, 0.3) is 0 Å². The van der Waals surface area contributed by atoms with Crippen molar-refractivity contribution in [3.05, 3.63) is 68.9 Å². The second-order valence-corrected chi connectivity index (χ2v) is 13.5. The lowest BCUT2D eigenvalue weighted by atomic mass is 9.80. The zero-order valence-electron chi connectivity index (χ0n) is 31.2. The molecule has 0 saturated carbocycles. The lowest BCUT2D eigenvalue weighted by molar-refractivity contribution is -0.112. The minimum Gasteiger partial charge on any atom is -0.453 e. The molecule has 282 valence electrons. The highest BCUT2D eigenvalue weighted by atomic mass is 16.5. The average Bonchev–Trinajstić information content (AvgIpc) is 3.06. The van der Waals surface area contributed by atoms with Gasteiger partial charge in [0.1, 0.15) is 6.61 Å². The van der Waals surface area contributed by atoms with Crippen LogP contribution < -0.4 is 37.5 Å². The number of allylic oxidation sites excluding steroid dienone is 2. The van der Waals surface area contributed by atoms with Gasteiger partial charge in [-0.25, -0.2) is 19.4 Å². The van der Waals surface area contributed by atoms with E-state index in [1.807, 2.05) is 39.0 Å². The lowest BCUT2D eigenvalue weighted by Gasteiger charge is -2.28. The topological polar surface area (TPSA) is 222 Å². The first-order chi connectivity index (χ1) is 24.5. The van der Waals surface area contributed by atoms with Crippen LogP contribution in [0.3, 0.4) is 0 Å². The average molecular weight is 722 g/mol. The number of aryl methyl sites for hydroxylation is 2. The Morgan fingerprint density at radius 3 is 2.46 bits per heavy atom. The maximum Gasteiger partial charge on any atom is 0.411 e. The third-order valence-electron chi connectivity index (χ3n) is 8.44. The number of carbonyl (C=O) groups is 4. The van der Waals surface area contributed by atoms with Gasteiger partial charge in [-0.05, 0) is 81.7 Å². The van der Waals surface area contributed by atoms with Crippen LogP contribution in [0.5, 0.6) is 0 Å². The number of hydrogen-bond acceptors (Lipinski definition) is 11. The van der Waals surface area contributed by atoms with Crippen LogP contribution in [0, 0.1) is 25.2 Å². The Morgan fingerprint density at radius 2 is 1.81 bits per heavy atom. The quantitative estimate of drug-likeness (QED) is 0.143. The third-order valence-corrected chi connectivity index (χ3v) is 8.44. The first-order valence-electron chi connectivity index (χ1n) is 17.1. The van der Waals surface area contributed by atoms with Crippen molar-refractivity contribution >= 4 is 47.0 Å². The van der Waals surface area contributed by atoms with E-state index < -0.39 is 29.6 Å².